The number of halogens is 1. The van der Waals surface area contributed by atoms with Crippen molar-refractivity contribution in [3.8, 4) is 0 Å². The summed E-state index contributed by atoms with van der Waals surface area (Å²) in [5, 5.41) is 0. The van der Waals surface area contributed by atoms with Crippen molar-refractivity contribution < 1.29 is 16.3 Å². The van der Waals surface area contributed by atoms with Crippen LogP contribution >= 0.6 is 13.6 Å². The normalized spacial score (nSPS) is 7.17. The Morgan fingerprint density at radius 1 is 1.17 bits per heavy atom. The predicted octanol–water partition coefficient (Wildman–Crippen LogP) is 2.51. The van der Waals surface area contributed by atoms with Crippen LogP contribution in [0.15, 0.2) is 0 Å². The Kier molecular flexibility index (Phi) is 16.0. The van der Waals surface area contributed by atoms with Crippen LogP contribution in [-0.4, -0.2) is 0 Å². The SMILES string of the molecule is CC(C)C.[Zn][Br]. The molecule has 0 amide bonds. The van der Waals surface area contributed by atoms with Gasteiger partial charge in [0, 0.05) is 0 Å². The van der Waals surface area contributed by atoms with Gasteiger partial charge in [-0.25, -0.2) is 0 Å². The molecule has 0 aromatic heterocycles. The van der Waals surface area contributed by atoms with Crippen LogP contribution in [0.3, 0.4) is 0 Å². The van der Waals surface area contributed by atoms with Gasteiger partial charge in [0.05, 0.1) is 0 Å². The summed E-state index contributed by atoms with van der Waals surface area (Å²) >= 11 is 4.25. The molecule has 2 heteroatoms. The van der Waals surface area contributed by atoms with E-state index in [9.17, 15) is 0 Å². The quantitative estimate of drug-likeness (QED) is 0.531. The van der Waals surface area contributed by atoms with E-state index in [-0.39, 0.29) is 0 Å². The van der Waals surface area contributed by atoms with Gasteiger partial charge in [-0.15, -0.1) is 0 Å². The van der Waals surface area contributed by atoms with Gasteiger partial charge in [-0.3, -0.25) is 0 Å². The van der Waals surface area contributed by atoms with E-state index in [1.165, 1.54) is 16.3 Å². The van der Waals surface area contributed by atoms with Crippen LogP contribution in [-0.2, 0) is 16.3 Å². The van der Waals surface area contributed by atoms with Crippen molar-refractivity contribution in [2.45, 2.75) is 20.8 Å². The first-order valence-electron chi connectivity index (χ1n) is 2.00. The Morgan fingerprint density at radius 2 is 1.17 bits per heavy atom. The van der Waals surface area contributed by atoms with Gasteiger partial charge < -0.3 is 0 Å². The Bertz CT molecular complexity index is 12.3. The second-order valence-electron chi connectivity index (χ2n) is 1.73. The third-order valence-corrected chi connectivity index (χ3v) is 0. The fraction of sp³-hybridized carbons (Fsp3) is 1.00. The molecule has 0 N–H and O–H groups in total. The molecule has 35 valence electrons. The van der Waals surface area contributed by atoms with Gasteiger partial charge in [-0.2, -0.15) is 0 Å². The van der Waals surface area contributed by atoms with Crippen molar-refractivity contribution >= 4 is 13.6 Å². The predicted molar refractivity (Wildman–Crippen MR) is 29.4 cm³/mol. The molecule has 0 aliphatic heterocycles. The van der Waals surface area contributed by atoms with E-state index in [1.54, 1.807) is 0 Å². The van der Waals surface area contributed by atoms with Gasteiger partial charge in [-0.1, -0.05) is 20.8 Å². The average Bonchev–Trinajstić information content (AvgIpc) is 1.41. The zero-order valence-corrected chi connectivity index (χ0v) is 9.22. The molecule has 0 saturated carbocycles. The summed E-state index contributed by atoms with van der Waals surface area (Å²) in [6, 6.07) is 0. The Morgan fingerprint density at radius 3 is 1.17 bits per heavy atom. The van der Waals surface area contributed by atoms with Crippen molar-refractivity contribution in [1.82, 2.24) is 0 Å². The fourth-order valence-electron chi connectivity index (χ4n) is 0. The van der Waals surface area contributed by atoms with Gasteiger partial charge in [0.15, 0.2) is 0 Å². The summed E-state index contributed by atoms with van der Waals surface area (Å²) in [4.78, 5) is 0. The number of hydrogen-bond donors (Lipinski definition) is 0. The van der Waals surface area contributed by atoms with Crippen LogP contribution < -0.4 is 0 Å². The zero-order valence-electron chi connectivity index (χ0n) is 4.66. The van der Waals surface area contributed by atoms with Crippen LogP contribution in [0.2, 0.25) is 0 Å². The van der Waals surface area contributed by atoms with Crippen molar-refractivity contribution in [1.29, 1.82) is 0 Å². The molecular formula is C4H10BrZn. The average molecular weight is 203 g/mol. The molecule has 0 atom stereocenters. The van der Waals surface area contributed by atoms with E-state index in [1.807, 2.05) is 0 Å². The first-order chi connectivity index (χ1) is 2.73. The minimum atomic E-state index is 0.833. The molecule has 0 nitrogen and oxygen atoms in total. The third kappa shape index (κ3) is 70.6. The van der Waals surface area contributed by atoms with Crippen molar-refractivity contribution in [3.05, 3.63) is 0 Å². The van der Waals surface area contributed by atoms with Gasteiger partial charge >= 0.3 is 30.0 Å². The molecule has 0 radical (unpaired) electrons. The maximum absolute atomic E-state index is 3.06. The summed E-state index contributed by atoms with van der Waals surface area (Å²) in [7, 11) is 0. The molecule has 0 aromatic rings. The van der Waals surface area contributed by atoms with Crippen LogP contribution in [0.4, 0.5) is 0 Å². The van der Waals surface area contributed by atoms with Crippen LogP contribution in [0.1, 0.15) is 20.8 Å². The standard InChI is InChI=1S/C4H10.BrH.Zn/c1-4(2)3;;/h4H,1-3H3;1H;/q;;+1/p-1. The van der Waals surface area contributed by atoms with Crippen LogP contribution in [0, 0.1) is 5.92 Å². The van der Waals surface area contributed by atoms with Crippen molar-refractivity contribution in [3.63, 3.8) is 0 Å². The van der Waals surface area contributed by atoms with Gasteiger partial charge in [-0.05, 0) is 5.92 Å². The number of hydrogen-bond acceptors (Lipinski definition) is 0. The van der Waals surface area contributed by atoms with Gasteiger partial charge in [0.25, 0.3) is 0 Å². The molecule has 0 aliphatic carbocycles. The fourth-order valence-corrected chi connectivity index (χ4v) is 0. The van der Waals surface area contributed by atoms with E-state index in [4.69, 9.17) is 0 Å². The molecule has 0 unspecified atom stereocenters. The molecule has 6 heavy (non-hydrogen) atoms. The second kappa shape index (κ2) is 9.44. The molecule has 0 saturated heterocycles. The molecule has 0 spiro atoms. The third-order valence-electron chi connectivity index (χ3n) is 0. The van der Waals surface area contributed by atoms with E-state index in [2.05, 4.69) is 34.4 Å². The maximum atomic E-state index is 3.06. The molecule has 0 aliphatic rings. The minimum absolute atomic E-state index is 0.833. The molecular weight excluding hydrogens is 193 g/mol. The summed E-state index contributed by atoms with van der Waals surface area (Å²) in [6.45, 7) is 6.50. The topological polar surface area (TPSA) is 0 Å². The Labute approximate surface area is 56.7 Å². The van der Waals surface area contributed by atoms with Gasteiger partial charge in [0.1, 0.15) is 0 Å². The summed E-state index contributed by atoms with van der Waals surface area (Å²) < 4.78 is 0. The zero-order chi connectivity index (χ0) is 5.58. The summed E-state index contributed by atoms with van der Waals surface area (Å²) in [5.74, 6) is 0.833. The monoisotopic (exact) mass is 201 g/mol. The van der Waals surface area contributed by atoms with E-state index >= 15 is 0 Å². The first kappa shape index (κ1) is 10.2. The molecule has 0 bridgehead atoms. The molecule has 0 rings (SSSR count). The van der Waals surface area contributed by atoms with Crippen LogP contribution in [0.25, 0.3) is 0 Å². The summed E-state index contributed by atoms with van der Waals surface area (Å²) in [6.07, 6.45) is 0. The second-order valence-corrected chi connectivity index (χ2v) is 1.73. The first-order valence-corrected chi connectivity index (χ1v) is 8.95. The Balaban J connectivity index is 0. The van der Waals surface area contributed by atoms with Gasteiger partial charge in [0.2, 0.25) is 0 Å². The van der Waals surface area contributed by atoms with E-state index in [0.717, 1.165) is 5.92 Å². The number of rotatable bonds is 0. The van der Waals surface area contributed by atoms with Crippen LogP contribution in [0.5, 0.6) is 0 Å². The Hall–Kier alpha value is 1.10. The van der Waals surface area contributed by atoms with Crippen molar-refractivity contribution in [2.75, 3.05) is 0 Å². The van der Waals surface area contributed by atoms with E-state index in [0.29, 0.717) is 0 Å². The molecule has 0 aromatic carbocycles. The molecule has 0 heterocycles. The van der Waals surface area contributed by atoms with Crippen molar-refractivity contribution in [2.24, 2.45) is 5.92 Å². The molecule has 0 fully saturated rings. The summed E-state index contributed by atoms with van der Waals surface area (Å²) in [5.41, 5.74) is 0. The van der Waals surface area contributed by atoms with E-state index < -0.39 is 0 Å².